The lowest BCUT2D eigenvalue weighted by Gasteiger charge is -2.17. The van der Waals surface area contributed by atoms with Gasteiger partial charge in [-0.25, -0.2) is 4.98 Å². The molecule has 21 heavy (non-hydrogen) atoms. The van der Waals surface area contributed by atoms with Crippen LogP contribution in [-0.4, -0.2) is 48.4 Å². The van der Waals surface area contributed by atoms with Crippen molar-refractivity contribution in [3.8, 4) is 11.5 Å². The number of aromatic nitrogens is 1. The number of aryl methyl sites for hydroxylation is 1. The molecule has 0 N–H and O–H groups in total. The van der Waals surface area contributed by atoms with E-state index >= 15 is 0 Å². The van der Waals surface area contributed by atoms with Crippen molar-refractivity contribution in [1.82, 2.24) is 14.8 Å². The zero-order chi connectivity index (χ0) is 15.4. The van der Waals surface area contributed by atoms with E-state index in [1.165, 1.54) is 0 Å². The molecular weight excluding hydrogens is 266 g/mol. The van der Waals surface area contributed by atoms with Crippen molar-refractivity contribution < 1.29 is 9.21 Å². The Hall–Kier alpha value is -2.14. The molecule has 0 aliphatic heterocycles. The molecule has 1 aromatic carbocycles. The summed E-state index contributed by atoms with van der Waals surface area (Å²) in [4.78, 5) is 19.8. The number of amides is 1. The maximum atomic E-state index is 11.7. The Balaban J connectivity index is 2.08. The quantitative estimate of drug-likeness (QED) is 0.845. The lowest BCUT2D eigenvalue weighted by Crippen LogP contribution is -2.34. The molecule has 2 aromatic rings. The molecule has 5 heteroatoms. The monoisotopic (exact) mass is 287 g/mol. The Labute approximate surface area is 125 Å². The summed E-state index contributed by atoms with van der Waals surface area (Å²) in [6, 6.07) is 9.80. The van der Waals surface area contributed by atoms with Crippen LogP contribution in [-0.2, 0) is 11.3 Å². The molecule has 0 radical (unpaired) electrons. The van der Waals surface area contributed by atoms with Crippen LogP contribution in [0.3, 0.4) is 0 Å². The zero-order valence-electron chi connectivity index (χ0n) is 13.0. The van der Waals surface area contributed by atoms with Crippen LogP contribution in [0.4, 0.5) is 0 Å². The van der Waals surface area contributed by atoms with E-state index in [4.69, 9.17) is 4.42 Å². The summed E-state index contributed by atoms with van der Waals surface area (Å²) in [5.74, 6) is 1.48. The third-order valence-corrected chi connectivity index (χ3v) is 3.24. The summed E-state index contributed by atoms with van der Waals surface area (Å²) in [5, 5.41) is 0. The third-order valence-electron chi connectivity index (χ3n) is 3.24. The smallest absolute Gasteiger partial charge is 0.236 e. The van der Waals surface area contributed by atoms with Gasteiger partial charge in [0, 0.05) is 26.2 Å². The second-order valence-electron chi connectivity index (χ2n) is 5.35. The van der Waals surface area contributed by atoms with Gasteiger partial charge in [0.1, 0.15) is 5.76 Å². The maximum absolute atomic E-state index is 11.7. The number of benzene rings is 1. The molecule has 0 fully saturated rings. The SMILES string of the molecule is Cc1oc(-c2ccccc2)nc1CN(C)CC(=O)N(C)C. The molecular formula is C16H21N3O2. The second kappa shape index (κ2) is 6.54. The highest BCUT2D eigenvalue weighted by Crippen LogP contribution is 2.21. The van der Waals surface area contributed by atoms with Crippen molar-refractivity contribution in [1.29, 1.82) is 0 Å². The van der Waals surface area contributed by atoms with Gasteiger partial charge in [0.05, 0.1) is 12.2 Å². The van der Waals surface area contributed by atoms with Crippen LogP contribution in [0.2, 0.25) is 0 Å². The van der Waals surface area contributed by atoms with Crippen LogP contribution < -0.4 is 0 Å². The van der Waals surface area contributed by atoms with Crippen molar-refractivity contribution in [2.75, 3.05) is 27.7 Å². The highest BCUT2D eigenvalue weighted by Gasteiger charge is 2.15. The van der Waals surface area contributed by atoms with Crippen LogP contribution in [0.1, 0.15) is 11.5 Å². The molecule has 0 atom stereocenters. The number of rotatable bonds is 5. The van der Waals surface area contributed by atoms with Gasteiger partial charge in [0.25, 0.3) is 0 Å². The van der Waals surface area contributed by atoms with Crippen molar-refractivity contribution in [2.45, 2.75) is 13.5 Å². The first-order valence-electron chi connectivity index (χ1n) is 6.88. The number of hydrogen-bond donors (Lipinski definition) is 0. The number of nitrogens with zero attached hydrogens (tertiary/aromatic N) is 3. The highest BCUT2D eigenvalue weighted by molar-refractivity contribution is 5.77. The lowest BCUT2D eigenvalue weighted by atomic mass is 10.2. The lowest BCUT2D eigenvalue weighted by molar-refractivity contribution is -0.129. The Morgan fingerprint density at radius 2 is 1.86 bits per heavy atom. The summed E-state index contributed by atoms with van der Waals surface area (Å²) < 4.78 is 5.72. The maximum Gasteiger partial charge on any atom is 0.236 e. The van der Waals surface area contributed by atoms with Crippen LogP contribution in [0.15, 0.2) is 34.7 Å². The first kappa shape index (κ1) is 15.3. The standard InChI is InChI=1S/C16H21N3O2/c1-12-14(10-19(4)11-15(20)18(2)3)17-16(21-12)13-8-6-5-7-9-13/h5-9H,10-11H2,1-4H3. The highest BCUT2D eigenvalue weighted by atomic mass is 16.4. The van der Waals surface area contributed by atoms with Crippen LogP contribution in [0.5, 0.6) is 0 Å². The molecule has 0 aliphatic rings. The topological polar surface area (TPSA) is 49.6 Å². The fourth-order valence-electron chi connectivity index (χ4n) is 1.96. The van der Waals surface area contributed by atoms with E-state index < -0.39 is 0 Å². The second-order valence-corrected chi connectivity index (χ2v) is 5.35. The van der Waals surface area contributed by atoms with Gasteiger partial charge in [0.15, 0.2) is 0 Å². The molecule has 0 aliphatic carbocycles. The van der Waals surface area contributed by atoms with Gasteiger partial charge in [-0.1, -0.05) is 18.2 Å². The molecule has 0 saturated carbocycles. The fourth-order valence-corrected chi connectivity index (χ4v) is 1.96. The Kier molecular flexibility index (Phi) is 4.75. The van der Waals surface area contributed by atoms with Crippen LogP contribution in [0.25, 0.3) is 11.5 Å². The number of oxazole rings is 1. The fraction of sp³-hybridized carbons (Fsp3) is 0.375. The predicted molar refractivity (Wildman–Crippen MR) is 81.7 cm³/mol. The minimum absolute atomic E-state index is 0.0712. The third kappa shape index (κ3) is 3.92. The summed E-state index contributed by atoms with van der Waals surface area (Å²) in [6.45, 7) is 2.85. The summed E-state index contributed by atoms with van der Waals surface area (Å²) in [7, 11) is 5.41. The summed E-state index contributed by atoms with van der Waals surface area (Å²) in [6.07, 6.45) is 0. The minimum Gasteiger partial charge on any atom is -0.441 e. The average Bonchev–Trinajstić information content (AvgIpc) is 2.81. The van der Waals surface area contributed by atoms with Crippen molar-refractivity contribution in [3.63, 3.8) is 0 Å². The van der Waals surface area contributed by atoms with Gasteiger partial charge < -0.3 is 9.32 Å². The average molecular weight is 287 g/mol. The minimum atomic E-state index is 0.0712. The van der Waals surface area contributed by atoms with E-state index in [2.05, 4.69) is 4.98 Å². The number of carbonyl (C=O) groups excluding carboxylic acids is 1. The van der Waals surface area contributed by atoms with Gasteiger partial charge in [-0.3, -0.25) is 9.69 Å². The van der Waals surface area contributed by atoms with E-state index in [9.17, 15) is 4.79 Å². The molecule has 1 aromatic heterocycles. The van der Waals surface area contributed by atoms with Crippen LogP contribution >= 0.6 is 0 Å². The van der Waals surface area contributed by atoms with Crippen molar-refractivity contribution in [3.05, 3.63) is 41.8 Å². The van der Waals surface area contributed by atoms with Gasteiger partial charge in [-0.2, -0.15) is 0 Å². The van der Waals surface area contributed by atoms with Gasteiger partial charge >= 0.3 is 0 Å². The van der Waals surface area contributed by atoms with E-state index in [0.717, 1.165) is 17.0 Å². The first-order valence-corrected chi connectivity index (χ1v) is 6.88. The molecule has 1 heterocycles. The predicted octanol–water partition coefficient (Wildman–Crippen LogP) is 2.17. The number of likely N-dealkylation sites (N-methyl/N-ethyl adjacent to an activating group) is 2. The molecule has 0 spiro atoms. The largest absolute Gasteiger partial charge is 0.441 e. The zero-order valence-corrected chi connectivity index (χ0v) is 13.0. The molecule has 0 bridgehead atoms. The van der Waals surface area contributed by atoms with Gasteiger partial charge in [-0.05, 0) is 26.1 Å². The normalized spacial score (nSPS) is 10.9. The number of carbonyl (C=O) groups is 1. The van der Waals surface area contributed by atoms with E-state index in [1.54, 1.807) is 19.0 Å². The van der Waals surface area contributed by atoms with E-state index in [1.807, 2.05) is 49.2 Å². The van der Waals surface area contributed by atoms with E-state index in [0.29, 0.717) is 19.0 Å². The molecule has 112 valence electrons. The first-order chi connectivity index (χ1) is 9.97. The molecule has 2 rings (SSSR count). The Morgan fingerprint density at radius 1 is 1.19 bits per heavy atom. The van der Waals surface area contributed by atoms with Crippen molar-refractivity contribution >= 4 is 5.91 Å². The Morgan fingerprint density at radius 3 is 2.48 bits per heavy atom. The van der Waals surface area contributed by atoms with Gasteiger partial charge in [-0.15, -0.1) is 0 Å². The Bertz CT molecular complexity index is 605. The summed E-state index contributed by atoms with van der Waals surface area (Å²) >= 11 is 0. The van der Waals surface area contributed by atoms with Crippen molar-refractivity contribution in [2.24, 2.45) is 0 Å². The number of hydrogen-bond acceptors (Lipinski definition) is 4. The molecule has 5 nitrogen and oxygen atoms in total. The van der Waals surface area contributed by atoms with Gasteiger partial charge in [0.2, 0.25) is 11.8 Å². The molecule has 0 unspecified atom stereocenters. The van der Waals surface area contributed by atoms with E-state index in [-0.39, 0.29) is 5.91 Å². The molecule has 0 saturated heterocycles. The summed E-state index contributed by atoms with van der Waals surface area (Å²) in [5.41, 5.74) is 1.82. The molecule has 1 amide bonds. The van der Waals surface area contributed by atoms with Crippen LogP contribution in [0, 0.1) is 6.92 Å².